The average molecular weight is 573 g/mol. The molecule has 0 aliphatic heterocycles. The predicted molar refractivity (Wildman–Crippen MR) is 179 cm³/mol. The zero-order valence-corrected chi connectivity index (χ0v) is 25.6. The highest BCUT2D eigenvalue weighted by molar-refractivity contribution is 5.93. The van der Waals surface area contributed by atoms with Gasteiger partial charge in [-0.3, -0.25) is 9.98 Å². The lowest BCUT2D eigenvalue weighted by molar-refractivity contribution is 0.403. The van der Waals surface area contributed by atoms with E-state index in [1.807, 2.05) is 53.6 Å². The molecular weight excluding hydrogens is 532 g/mol. The molecule has 5 rings (SSSR count). The fourth-order valence-electron chi connectivity index (χ4n) is 4.76. The molecule has 0 unspecified atom stereocenters. The van der Waals surface area contributed by atoms with Crippen molar-refractivity contribution in [2.45, 2.75) is 12.8 Å². The molecule has 220 valence electrons. The van der Waals surface area contributed by atoms with Crippen molar-refractivity contribution >= 4 is 23.5 Å². The largest absolute Gasteiger partial charge is 0.309 e. The first-order chi connectivity index (χ1) is 21.0. The highest BCUT2D eigenvalue weighted by Gasteiger charge is 2.16. The van der Waals surface area contributed by atoms with Crippen LogP contribution in [0.3, 0.4) is 0 Å². The van der Waals surface area contributed by atoms with Crippen LogP contribution in [0.2, 0.25) is 0 Å². The molecule has 8 heteroatoms. The Labute approximate surface area is 254 Å². The first kappa shape index (κ1) is 29.9. The van der Waals surface area contributed by atoms with Gasteiger partial charge in [-0.15, -0.1) is 0 Å². The lowest BCUT2D eigenvalue weighted by atomic mass is 10.1. The molecule has 0 radical (unpaired) electrons. The molecule has 2 heterocycles. The minimum absolute atomic E-state index is 0.654. The van der Waals surface area contributed by atoms with Crippen LogP contribution in [0.15, 0.2) is 95.0 Å². The van der Waals surface area contributed by atoms with Gasteiger partial charge in [-0.25, -0.2) is 14.6 Å². The molecule has 0 fully saturated rings. The topological polar surface area (TPSA) is 74.8 Å². The summed E-state index contributed by atoms with van der Waals surface area (Å²) in [6, 6.07) is 26.7. The number of aromatic nitrogens is 4. The molecule has 0 aliphatic carbocycles. The second-order valence-electron chi connectivity index (χ2n) is 11.2. The molecule has 2 aromatic heterocycles. The predicted octanol–water partition coefficient (Wildman–Crippen LogP) is 5.89. The molecule has 0 aliphatic rings. The quantitative estimate of drug-likeness (QED) is 0.130. The molecule has 0 N–H and O–H groups in total. The molecule has 0 bridgehead atoms. The maximum absolute atomic E-state index is 5.07. The first-order valence-electron chi connectivity index (χ1n) is 14.8. The van der Waals surface area contributed by atoms with E-state index < -0.39 is 0 Å². The Hall–Kier alpha value is -4.53. The van der Waals surface area contributed by atoms with Crippen molar-refractivity contribution in [3.63, 3.8) is 0 Å². The normalized spacial score (nSPS) is 12.0. The van der Waals surface area contributed by atoms with Crippen LogP contribution in [0.4, 0.5) is 0 Å². The lowest BCUT2D eigenvalue weighted by Gasteiger charge is -2.09. The zero-order valence-electron chi connectivity index (χ0n) is 25.6. The summed E-state index contributed by atoms with van der Waals surface area (Å²) in [4.78, 5) is 23.6. The van der Waals surface area contributed by atoms with Gasteiger partial charge in [-0.2, -0.15) is 5.10 Å². The third kappa shape index (κ3) is 8.06. The summed E-state index contributed by atoms with van der Waals surface area (Å²) in [7, 11) is 8.33. The van der Waals surface area contributed by atoms with Crippen molar-refractivity contribution in [2.24, 2.45) is 9.98 Å². The number of benzene rings is 3. The van der Waals surface area contributed by atoms with Crippen molar-refractivity contribution in [2.75, 3.05) is 54.4 Å². The van der Waals surface area contributed by atoms with Crippen molar-refractivity contribution in [1.29, 1.82) is 0 Å². The minimum Gasteiger partial charge on any atom is -0.309 e. The number of hydrogen-bond donors (Lipinski definition) is 0. The van der Waals surface area contributed by atoms with Crippen molar-refractivity contribution in [3.05, 3.63) is 96.2 Å². The summed E-state index contributed by atoms with van der Waals surface area (Å²) in [6.07, 6.45) is 7.82. The summed E-state index contributed by atoms with van der Waals surface area (Å²) in [5, 5.41) is 5.62. The zero-order chi connectivity index (χ0) is 30.0. The monoisotopic (exact) mass is 572 g/mol. The van der Waals surface area contributed by atoms with Crippen molar-refractivity contribution in [3.8, 4) is 28.3 Å². The Bertz CT molecular complexity index is 1650. The fourth-order valence-corrected chi connectivity index (χ4v) is 4.76. The standard InChI is InChI=1S/C35H40N8/c1-41(2)22-8-20-36-24-27-12-16-29(17-13-27)33-32-26-38-43(31-10-6-5-7-11-31)35(32)40-34(39-33)30-18-14-28(15-19-30)25-37-21-9-23-42(3)4/h5-7,10-19,24-26H,8-9,20-23H2,1-4H3. The molecule has 0 saturated carbocycles. The van der Waals surface area contributed by atoms with Gasteiger partial charge in [0.1, 0.15) is 0 Å². The number of hydrogen-bond acceptors (Lipinski definition) is 7. The molecule has 8 nitrogen and oxygen atoms in total. The number of aliphatic imine (C=N–C) groups is 2. The van der Waals surface area contributed by atoms with Gasteiger partial charge in [0, 0.05) is 36.6 Å². The van der Waals surface area contributed by atoms with E-state index in [1.54, 1.807) is 0 Å². The van der Waals surface area contributed by atoms with E-state index in [1.165, 1.54) is 0 Å². The van der Waals surface area contributed by atoms with E-state index in [2.05, 4.69) is 96.5 Å². The molecule has 0 spiro atoms. The van der Waals surface area contributed by atoms with Gasteiger partial charge in [0.15, 0.2) is 11.5 Å². The first-order valence-corrected chi connectivity index (χ1v) is 14.8. The van der Waals surface area contributed by atoms with Crippen LogP contribution in [0.25, 0.3) is 39.4 Å². The Kier molecular flexibility index (Phi) is 10.2. The summed E-state index contributed by atoms with van der Waals surface area (Å²) in [5.74, 6) is 0.654. The third-order valence-electron chi connectivity index (χ3n) is 7.05. The van der Waals surface area contributed by atoms with Gasteiger partial charge in [0.05, 0.1) is 23.0 Å². The third-order valence-corrected chi connectivity index (χ3v) is 7.05. The van der Waals surface area contributed by atoms with E-state index in [0.29, 0.717) is 5.82 Å². The van der Waals surface area contributed by atoms with Gasteiger partial charge in [0.2, 0.25) is 0 Å². The van der Waals surface area contributed by atoms with E-state index in [0.717, 1.165) is 83.7 Å². The maximum atomic E-state index is 5.07. The van der Waals surface area contributed by atoms with E-state index in [-0.39, 0.29) is 0 Å². The molecule has 3 aromatic carbocycles. The second kappa shape index (κ2) is 14.6. The highest BCUT2D eigenvalue weighted by Crippen LogP contribution is 2.30. The van der Waals surface area contributed by atoms with Gasteiger partial charge >= 0.3 is 0 Å². The van der Waals surface area contributed by atoms with Gasteiger partial charge in [0.25, 0.3) is 0 Å². The van der Waals surface area contributed by atoms with Gasteiger partial charge in [-0.05, 0) is 77.4 Å². The number of para-hydroxylation sites is 1. The molecule has 43 heavy (non-hydrogen) atoms. The maximum Gasteiger partial charge on any atom is 0.167 e. The number of fused-ring (bicyclic) bond motifs is 1. The Balaban J connectivity index is 1.45. The highest BCUT2D eigenvalue weighted by atomic mass is 15.3. The van der Waals surface area contributed by atoms with E-state index >= 15 is 0 Å². The molecular formula is C35H40N8. The SMILES string of the molecule is CN(C)CCCN=Cc1ccc(-c2nc(-c3ccc(C=NCCCN(C)C)cc3)c3cnn(-c4ccccc4)c3n2)cc1. The van der Waals surface area contributed by atoms with Crippen LogP contribution in [-0.4, -0.2) is 96.3 Å². The minimum atomic E-state index is 0.654. The molecule has 5 aromatic rings. The molecule has 0 amide bonds. The number of rotatable bonds is 13. The average Bonchev–Trinajstić information content (AvgIpc) is 3.45. The lowest BCUT2D eigenvalue weighted by Crippen LogP contribution is -2.13. The summed E-state index contributed by atoms with van der Waals surface area (Å²) >= 11 is 0. The smallest absolute Gasteiger partial charge is 0.167 e. The summed E-state index contributed by atoms with van der Waals surface area (Å²) in [5.41, 5.74) is 6.64. The van der Waals surface area contributed by atoms with Crippen LogP contribution in [-0.2, 0) is 0 Å². The van der Waals surface area contributed by atoms with Crippen LogP contribution in [0.1, 0.15) is 24.0 Å². The Morgan fingerprint density at radius 3 is 1.79 bits per heavy atom. The Morgan fingerprint density at radius 1 is 0.674 bits per heavy atom. The van der Waals surface area contributed by atoms with Crippen LogP contribution in [0, 0.1) is 0 Å². The number of nitrogens with zero attached hydrogens (tertiary/aromatic N) is 8. The summed E-state index contributed by atoms with van der Waals surface area (Å²) < 4.78 is 1.88. The van der Waals surface area contributed by atoms with E-state index in [4.69, 9.17) is 15.1 Å². The van der Waals surface area contributed by atoms with Crippen LogP contribution < -0.4 is 0 Å². The summed E-state index contributed by atoms with van der Waals surface area (Å²) in [6.45, 7) is 3.70. The van der Waals surface area contributed by atoms with Crippen molar-refractivity contribution in [1.82, 2.24) is 29.5 Å². The second-order valence-corrected chi connectivity index (χ2v) is 11.2. The van der Waals surface area contributed by atoms with Crippen molar-refractivity contribution < 1.29 is 0 Å². The van der Waals surface area contributed by atoms with Gasteiger partial charge in [-0.1, -0.05) is 66.7 Å². The van der Waals surface area contributed by atoms with Crippen LogP contribution >= 0.6 is 0 Å². The Morgan fingerprint density at radius 2 is 1.23 bits per heavy atom. The van der Waals surface area contributed by atoms with E-state index in [9.17, 15) is 0 Å². The van der Waals surface area contributed by atoms with Crippen LogP contribution in [0.5, 0.6) is 0 Å². The fraction of sp³-hybridized carbons (Fsp3) is 0.286. The van der Waals surface area contributed by atoms with Gasteiger partial charge < -0.3 is 9.80 Å². The molecule has 0 atom stereocenters. The molecule has 0 saturated heterocycles.